The number of carbonyl (C=O) groups excluding carboxylic acids is 1. The maximum atomic E-state index is 12.6. The van der Waals surface area contributed by atoms with Crippen LogP contribution in [0.3, 0.4) is 0 Å². The second-order valence-electron chi connectivity index (χ2n) is 5.34. The number of thiazole rings is 1. The summed E-state index contributed by atoms with van der Waals surface area (Å²) < 4.78 is 5.98. The minimum atomic E-state index is -0.481. The molecule has 0 aliphatic heterocycles. The van der Waals surface area contributed by atoms with Crippen LogP contribution in [-0.4, -0.2) is 29.6 Å². The Morgan fingerprint density at radius 2 is 2.24 bits per heavy atom. The molecule has 0 bridgehead atoms. The van der Waals surface area contributed by atoms with Crippen molar-refractivity contribution in [2.75, 3.05) is 11.4 Å². The third-order valence-corrected chi connectivity index (χ3v) is 4.51. The van der Waals surface area contributed by atoms with E-state index in [2.05, 4.69) is 10.9 Å². The van der Waals surface area contributed by atoms with Crippen molar-refractivity contribution in [2.24, 2.45) is 0 Å². The fourth-order valence-corrected chi connectivity index (χ4v) is 3.27. The van der Waals surface area contributed by atoms with E-state index < -0.39 is 6.10 Å². The van der Waals surface area contributed by atoms with Gasteiger partial charge in [0.25, 0.3) is 5.91 Å². The second-order valence-corrected chi connectivity index (χ2v) is 6.21. The molecule has 1 atom stereocenters. The molecule has 0 radical (unpaired) electrons. The van der Waals surface area contributed by atoms with Gasteiger partial charge in [-0.2, -0.15) is 0 Å². The topological polar surface area (TPSA) is 42.4 Å². The van der Waals surface area contributed by atoms with E-state index >= 15 is 0 Å². The Labute approximate surface area is 130 Å². The smallest absolute Gasteiger partial charge is 0.258 e. The average Bonchev–Trinajstić information content (AvgIpc) is 2.89. The molecule has 4 nitrogen and oxygen atoms in total. The molecular formula is C16H22N2O2S. The quantitative estimate of drug-likeness (QED) is 0.619. The number of carbonyl (C=O) groups is 1. The SMILES string of the molecule is C#CCN(C(=O)[C@@H](C)OC1CCCCCC1)c1nccs1. The van der Waals surface area contributed by atoms with Gasteiger partial charge in [-0.15, -0.1) is 17.8 Å². The van der Waals surface area contributed by atoms with E-state index in [1.165, 1.54) is 41.9 Å². The third-order valence-electron chi connectivity index (χ3n) is 3.71. The van der Waals surface area contributed by atoms with Gasteiger partial charge in [-0.3, -0.25) is 9.69 Å². The lowest BCUT2D eigenvalue weighted by molar-refractivity contribution is -0.132. The van der Waals surface area contributed by atoms with E-state index in [-0.39, 0.29) is 18.6 Å². The fraction of sp³-hybridized carbons (Fsp3) is 0.625. The van der Waals surface area contributed by atoms with Crippen LogP contribution in [0.4, 0.5) is 5.13 Å². The Kier molecular flexibility index (Phi) is 6.21. The molecule has 5 heteroatoms. The lowest BCUT2D eigenvalue weighted by atomic mass is 10.1. The highest BCUT2D eigenvalue weighted by molar-refractivity contribution is 7.13. The predicted molar refractivity (Wildman–Crippen MR) is 85.3 cm³/mol. The summed E-state index contributed by atoms with van der Waals surface area (Å²) in [4.78, 5) is 18.3. The van der Waals surface area contributed by atoms with Crippen molar-refractivity contribution in [3.8, 4) is 12.3 Å². The van der Waals surface area contributed by atoms with E-state index in [4.69, 9.17) is 11.2 Å². The normalized spacial score (nSPS) is 17.7. The van der Waals surface area contributed by atoms with Crippen LogP contribution in [0, 0.1) is 12.3 Å². The van der Waals surface area contributed by atoms with Gasteiger partial charge in [-0.25, -0.2) is 4.98 Å². The summed E-state index contributed by atoms with van der Waals surface area (Å²) in [5.74, 6) is 2.42. The van der Waals surface area contributed by atoms with Gasteiger partial charge >= 0.3 is 0 Å². The van der Waals surface area contributed by atoms with Gasteiger partial charge in [-0.1, -0.05) is 31.6 Å². The highest BCUT2D eigenvalue weighted by Gasteiger charge is 2.26. The molecule has 1 aliphatic rings. The molecule has 1 heterocycles. The summed E-state index contributed by atoms with van der Waals surface area (Å²) >= 11 is 1.41. The van der Waals surface area contributed by atoms with Gasteiger partial charge in [0.05, 0.1) is 12.6 Å². The number of hydrogen-bond acceptors (Lipinski definition) is 4. The first kappa shape index (κ1) is 16.0. The second kappa shape index (κ2) is 8.16. The van der Waals surface area contributed by atoms with Crippen LogP contribution in [-0.2, 0) is 9.53 Å². The number of rotatable bonds is 5. The Morgan fingerprint density at radius 1 is 1.52 bits per heavy atom. The molecule has 0 spiro atoms. The first-order valence-electron chi connectivity index (χ1n) is 7.52. The Hall–Kier alpha value is -1.38. The molecule has 114 valence electrons. The zero-order valence-electron chi connectivity index (χ0n) is 12.5. The van der Waals surface area contributed by atoms with E-state index in [1.807, 2.05) is 12.3 Å². The molecule has 1 aliphatic carbocycles. The molecule has 2 rings (SSSR count). The van der Waals surface area contributed by atoms with Gasteiger partial charge in [0.1, 0.15) is 6.10 Å². The number of aromatic nitrogens is 1. The number of anilines is 1. The monoisotopic (exact) mass is 306 g/mol. The lowest BCUT2D eigenvalue weighted by Crippen LogP contribution is -2.41. The van der Waals surface area contributed by atoms with E-state index in [0.717, 1.165) is 12.8 Å². The zero-order valence-corrected chi connectivity index (χ0v) is 13.3. The summed E-state index contributed by atoms with van der Waals surface area (Å²) in [6, 6.07) is 0. The minimum absolute atomic E-state index is 0.104. The molecule has 0 aromatic carbocycles. The molecule has 0 N–H and O–H groups in total. The molecule has 1 fully saturated rings. The summed E-state index contributed by atoms with van der Waals surface area (Å²) in [6.45, 7) is 2.04. The summed E-state index contributed by atoms with van der Waals surface area (Å²) in [6.07, 6.45) is 13.8. The third kappa shape index (κ3) is 4.55. The van der Waals surface area contributed by atoms with Gasteiger partial charge in [0.15, 0.2) is 5.13 Å². The highest BCUT2D eigenvalue weighted by Crippen LogP contribution is 2.23. The fourth-order valence-electron chi connectivity index (χ4n) is 2.62. The van der Waals surface area contributed by atoms with E-state index in [0.29, 0.717) is 5.13 Å². The Morgan fingerprint density at radius 3 is 2.81 bits per heavy atom. The average molecular weight is 306 g/mol. The summed E-state index contributed by atoms with van der Waals surface area (Å²) in [5.41, 5.74) is 0. The van der Waals surface area contributed by atoms with Crippen molar-refractivity contribution in [2.45, 2.75) is 57.7 Å². The van der Waals surface area contributed by atoms with Crippen molar-refractivity contribution in [3.63, 3.8) is 0 Å². The van der Waals surface area contributed by atoms with Crippen molar-refractivity contribution in [3.05, 3.63) is 11.6 Å². The van der Waals surface area contributed by atoms with Crippen LogP contribution >= 0.6 is 11.3 Å². The number of amides is 1. The summed E-state index contributed by atoms with van der Waals surface area (Å²) in [5, 5.41) is 2.47. The Balaban J connectivity index is 1.97. The van der Waals surface area contributed by atoms with Crippen molar-refractivity contribution in [1.29, 1.82) is 0 Å². The van der Waals surface area contributed by atoms with Gasteiger partial charge in [-0.05, 0) is 19.8 Å². The minimum Gasteiger partial charge on any atom is -0.365 e. The molecule has 1 saturated carbocycles. The first-order valence-corrected chi connectivity index (χ1v) is 8.40. The van der Waals surface area contributed by atoms with Crippen LogP contribution in [0.2, 0.25) is 0 Å². The standard InChI is InChI=1S/C16H22N2O2S/c1-3-11-18(16-17-10-12-21-16)15(19)13(2)20-14-8-6-4-5-7-9-14/h1,10,12-14H,4-9,11H2,2H3/t13-/m1/s1. The Bertz CT molecular complexity index is 473. The van der Waals surface area contributed by atoms with Gasteiger partial charge in [0, 0.05) is 11.6 Å². The zero-order chi connectivity index (χ0) is 15.1. The van der Waals surface area contributed by atoms with Crippen molar-refractivity contribution in [1.82, 2.24) is 4.98 Å². The molecule has 1 amide bonds. The van der Waals surface area contributed by atoms with Crippen LogP contribution in [0.25, 0.3) is 0 Å². The predicted octanol–water partition coefficient (Wildman–Crippen LogP) is 3.24. The van der Waals surface area contributed by atoms with Crippen LogP contribution in [0.1, 0.15) is 45.4 Å². The maximum Gasteiger partial charge on any atom is 0.258 e. The molecule has 1 aromatic heterocycles. The number of nitrogens with zero attached hydrogens (tertiary/aromatic N) is 2. The summed E-state index contributed by atoms with van der Waals surface area (Å²) in [7, 11) is 0. The van der Waals surface area contributed by atoms with Gasteiger partial charge < -0.3 is 4.74 Å². The number of ether oxygens (including phenoxy) is 1. The first-order chi connectivity index (χ1) is 10.2. The van der Waals surface area contributed by atoms with Crippen molar-refractivity contribution >= 4 is 22.4 Å². The van der Waals surface area contributed by atoms with Crippen molar-refractivity contribution < 1.29 is 9.53 Å². The molecule has 0 unspecified atom stereocenters. The number of terminal acetylenes is 1. The van der Waals surface area contributed by atoms with E-state index in [1.54, 1.807) is 6.20 Å². The maximum absolute atomic E-state index is 12.6. The van der Waals surface area contributed by atoms with Crippen LogP contribution in [0.5, 0.6) is 0 Å². The molecule has 21 heavy (non-hydrogen) atoms. The lowest BCUT2D eigenvalue weighted by Gasteiger charge is -2.25. The molecule has 0 saturated heterocycles. The van der Waals surface area contributed by atoms with Crippen LogP contribution < -0.4 is 4.90 Å². The largest absolute Gasteiger partial charge is 0.365 e. The highest BCUT2D eigenvalue weighted by atomic mass is 32.1. The molecule has 1 aromatic rings. The van der Waals surface area contributed by atoms with E-state index in [9.17, 15) is 4.79 Å². The van der Waals surface area contributed by atoms with Gasteiger partial charge in [0.2, 0.25) is 0 Å². The van der Waals surface area contributed by atoms with Crippen LogP contribution in [0.15, 0.2) is 11.6 Å². The molecular weight excluding hydrogens is 284 g/mol. The number of hydrogen-bond donors (Lipinski definition) is 0.